The van der Waals surface area contributed by atoms with E-state index in [1.807, 2.05) is 0 Å². The second kappa shape index (κ2) is 5.54. The van der Waals surface area contributed by atoms with Gasteiger partial charge in [0.15, 0.2) is 0 Å². The Morgan fingerprint density at radius 3 is 2.35 bits per heavy atom. The summed E-state index contributed by atoms with van der Waals surface area (Å²) in [7, 11) is 0. The summed E-state index contributed by atoms with van der Waals surface area (Å²) in [5.74, 6) is 0.463. The van der Waals surface area contributed by atoms with Gasteiger partial charge in [0.25, 0.3) is 0 Å². The highest BCUT2D eigenvalue weighted by atomic mass is 16.3. The molecule has 2 rings (SSSR count). The molecule has 0 spiro atoms. The lowest BCUT2D eigenvalue weighted by Gasteiger charge is -2.25. The summed E-state index contributed by atoms with van der Waals surface area (Å²) in [5.41, 5.74) is 4.33. The van der Waals surface area contributed by atoms with Crippen LogP contribution in [-0.2, 0) is 12.8 Å². The van der Waals surface area contributed by atoms with E-state index in [4.69, 9.17) is 0 Å². The maximum absolute atomic E-state index is 9.26. The van der Waals surface area contributed by atoms with E-state index in [0.717, 1.165) is 32.4 Å². The molecule has 0 saturated carbocycles. The highest BCUT2D eigenvalue weighted by Gasteiger charge is 2.24. The number of aliphatic hydroxyl groups is 1. The van der Waals surface area contributed by atoms with Crippen LogP contribution in [0.25, 0.3) is 0 Å². The van der Waals surface area contributed by atoms with Crippen LogP contribution in [0.3, 0.4) is 0 Å². The Labute approximate surface area is 104 Å². The molecule has 1 atom stereocenters. The maximum atomic E-state index is 9.26. The number of para-hydroxylation sites is 1. The Balaban J connectivity index is 2.30. The molecule has 1 aliphatic rings. The fourth-order valence-corrected chi connectivity index (χ4v) is 2.81. The van der Waals surface area contributed by atoms with E-state index < -0.39 is 0 Å². The molecule has 2 nitrogen and oxygen atoms in total. The van der Waals surface area contributed by atoms with Crippen molar-refractivity contribution in [2.45, 2.75) is 33.1 Å². The van der Waals surface area contributed by atoms with E-state index >= 15 is 0 Å². The number of anilines is 1. The average Bonchev–Trinajstić information content (AvgIpc) is 2.86. The minimum absolute atomic E-state index is 0.326. The highest BCUT2D eigenvalue weighted by Crippen LogP contribution is 2.31. The first kappa shape index (κ1) is 12.4. The summed E-state index contributed by atoms with van der Waals surface area (Å²) in [6.45, 7) is 6.87. The van der Waals surface area contributed by atoms with E-state index in [1.165, 1.54) is 16.8 Å². The lowest BCUT2D eigenvalue weighted by atomic mass is 10.0. The lowest BCUT2D eigenvalue weighted by Crippen LogP contribution is -2.23. The zero-order valence-electron chi connectivity index (χ0n) is 10.9. The zero-order valence-corrected chi connectivity index (χ0v) is 10.9. The minimum Gasteiger partial charge on any atom is -0.396 e. The van der Waals surface area contributed by atoms with Crippen LogP contribution in [0.2, 0.25) is 0 Å². The fraction of sp³-hybridized carbons (Fsp3) is 0.600. The number of hydrogen-bond acceptors (Lipinski definition) is 2. The van der Waals surface area contributed by atoms with Crippen molar-refractivity contribution < 1.29 is 5.11 Å². The molecule has 1 aromatic carbocycles. The summed E-state index contributed by atoms with van der Waals surface area (Å²) in [6, 6.07) is 6.64. The van der Waals surface area contributed by atoms with Gasteiger partial charge in [0.2, 0.25) is 0 Å². The second-order valence-corrected chi connectivity index (χ2v) is 4.92. The van der Waals surface area contributed by atoms with Gasteiger partial charge in [-0.3, -0.25) is 0 Å². The SMILES string of the molecule is CCc1cccc(CC)c1N1CCC(CO)C1. The Bertz CT molecular complexity index is 353. The second-order valence-electron chi connectivity index (χ2n) is 4.92. The highest BCUT2D eigenvalue weighted by molar-refractivity contribution is 5.60. The normalized spacial score (nSPS) is 19.9. The van der Waals surface area contributed by atoms with Gasteiger partial charge in [-0.1, -0.05) is 32.0 Å². The predicted octanol–water partition coefficient (Wildman–Crippen LogP) is 2.63. The Morgan fingerprint density at radius 1 is 1.24 bits per heavy atom. The van der Waals surface area contributed by atoms with Gasteiger partial charge in [0.1, 0.15) is 0 Å². The van der Waals surface area contributed by atoms with Crippen LogP contribution in [-0.4, -0.2) is 24.8 Å². The molecule has 1 saturated heterocycles. The van der Waals surface area contributed by atoms with Crippen molar-refractivity contribution in [3.8, 4) is 0 Å². The van der Waals surface area contributed by atoms with E-state index in [1.54, 1.807) is 0 Å². The van der Waals surface area contributed by atoms with E-state index in [9.17, 15) is 5.11 Å². The molecular weight excluding hydrogens is 210 g/mol. The topological polar surface area (TPSA) is 23.5 Å². The van der Waals surface area contributed by atoms with Crippen LogP contribution in [0, 0.1) is 5.92 Å². The molecule has 0 amide bonds. The summed E-state index contributed by atoms with van der Waals surface area (Å²) < 4.78 is 0. The monoisotopic (exact) mass is 233 g/mol. The average molecular weight is 233 g/mol. The first-order valence-electron chi connectivity index (χ1n) is 6.76. The van der Waals surface area contributed by atoms with Crippen LogP contribution >= 0.6 is 0 Å². The Hall–Kier alpha value is -1.02. The van der Waals surface area contributed by atoms with E-state index in [-0.39, 0.29) is 0 Å². The molecule has 1 unspecified atom stereocenters. The Kier molecular flexibility index (Phi) is 4.06. The maximum Gasteiger partial charge on any atom is 0.0476 e. The van der Waals surface area contributed by atoms with Gasteiger partial charge in [-0.05, 0) is 30.4 Å². The molecule has 0 radical (unpaired) electrons. The number of rotatable bonds is 4. The molecule has 94 valence electrons. The molecule has 0 bridgehead atoms. The molecule has 2 heteroatoms. The van der Waals surface area contributed by atoms with Crippen molar-refractivity contribution in [2.24, 2.45) is 5.92 Å². The summed E-state index contributed by atoms with van der Waals surface area (Å²) in [6.07, 6.45) is 3.30. The van der Waals surface area contributed by atoms with Crippen LogP contribution in [0.1, 0.15) is 31.4 Å². The van der Waals surface area contributed by atoms with Crippen LogP contribution < -0.4 is 4.90 Å². The van der Waals surface area contributed by atoms with E-state index in [2.05, 4.69) is 36.9 Å². The van der Waals surface area contributed by atoms with Crippen LogP contribution in [0.5, 0.6) is 0 Å². The van der Waals surface area contributed by atoms with Gasteiger partial charge < -0.3 is 10.0 Å². The first-order valence-corrected chi connectivity index (χ1v) is 6.76. The van der Waals surface area contributed by atoms with Gasteiger partial charge in [0.05, 0.1) is 0 Å². The van der Waals surface area contributed by atoms with Gasteiger partial charge in [-0.25, -0.2) is 0 Å². The molecule has 17 heavy (non-hydrogen) atoms. The number of aryl methyl sites for hydroxylation is 2. The fourth-order valence-electron chi connectivity index (χ4n) is 2.81. The van der Waals surface area contributed by atoms with Crippen molar-refractivity contribution in [3.63, 3.8) is 0 Å². The Morgan fingerprint density at radius 2 is 1.88 bits per heavy atom. The van der Waals surface area contributed by atoms with E-state index in [0.29, 0.717) is 12.5 Å². The third-order valence-corrected chi connectivity index (χ3v) is 3.83. The number of benzene rings is 1. The molecule has 1 N–H and O–H groups in total. The standard InChI is InChI=1S/C15H23NO/c1-3-13-6-5-7-14(4-2)15(13)16-9-8-12(10-16)11-17/h5-7,12,17H,3-4,8-11H2,1-2H3. The van der Waals surface area contributed by atoms with Crippen molar-refractivity contribution in [3.05, 3.63) is 29.3 Å². The van der Waals surface area contributed by atoms with Crippen LogP contribution in [0.4, 0.5) is 5.69 Å². The quantitative estimate of drug-likeness (QED) is 0.864. The smallest absolute Gasteiger partial charge is 0.0476 e. The van der Waals surface area contributed by atoms with Gasteiger partial charge >= 0.3 is 0 Å². The first-order chi connectivity index (χ1) is 8.30. The number of aliphatic hydroxyl groups excluding tert-OH is 1. The number of nitrogens with zero attached hydrogens (tertiary/aromatic N) is 1. The predicted molar refractivity (Wildman–Crippen MR) is 72.6 cm³/mol. The summed E-state index contributed by atoms with van der Waals surface area (Å²) in [5, 5.41) is 9.26. The largest absolute Gasteiger partial charge is 0.396 e. The molecule has 1 heterocycles. The minimum atomic E-state index is 0.326. The third kappa shape index (κ3) is 2.47. The third-order valence-electron chi connectivity index (χ3n) is 3.83. The van der Waals surface area contributed by atoms with Crippen molar-refractivity contribution >= 4 is 5.69 Å². The molecule has 0 aliphatic carbocycles. The molecular formula is C15H23NO. The summed E-state index contributed by atoms with van der Waals surface area (Å²) in [4.78, 5) is 2.47. The molecule has 1 aliphatic heterocycles. The van der Waals surface area contributed by atoms with Crippen molar-refractivity contribution in [2.75, 3.05) is 24.6 Å². The zero-order chi connectivity index (χ0) is 12.3. The molecule has 0 aromatic heterocycles. The van der Waals surface area contributed by atoms with Gasteiger partial charge in [0, 0.05) is 31.3 Å². The van der Waals surface area contributed by atoms with Crippen molar-refractivity contribution in [1.82, 2.24) is 0 Å². The van der Waals surface area contributed by atoms with Crippen LogP contribution in [0.15, 0.2) is 18.2 Å². The van der Waals surface area contributed by atoms with Gasteiger partial charge in [-0.15, -0.1) is 0 Å². The molecule has 1 aromatic rings. The summed E-state index contributed by atoms with van der Waals surface area (Å²) >= 11 is 0. The van der Waals surface area contributed by atoms with Crippen molar-refractivity contribution in [1.29, 1.82) is 0 Å². The van der Waals surface area contributed by atoms with Gasteiger partial charge in [-0.2, -0.15) is 0 Å². The number of hydrogen-bond donors (Lipinski definition) is 1. The molecule has 1 fully saturated rings. The lowest BCUT2D eigenvalue weighted by molar-refractivity contribution is 0.238.